The van der Waals surface area contributed by atoms with Gasteiger partial charge in [0.1, 0.15) is 10.1 Å². The first-order valence-corrected chi connectivity index (χ1v) is 4.67. The molecule has 0 atom stereocenters. The first-order valence-electron chi connectivity index (χ1n) is 3.88. The maximum Gasteiger partial charge on any atom is 0.274 e. The number of nitro groups is 1. The van der Waals surface area contributed by atoms with E-state index >= 15 is 0 Å². The summed E-state index contributed by atoms with van der Waals surface area (Å²) < 4.78 is 0.741. The van der Waals surface area contributed by atoms with Crippen molar-refractivity contribution in [1.29, 1.82) is 0 Å². The third-order valence-electron chi connectivity index (χ3n) is 2.02. The Hall–Kier alpha value is -1.43. The molecule has 72 valence electrons. The summed E-state index contributed by atoms with van der Waals surface area (Å²) in [4.78, 5) is 10.2. The smallest absolute Gasteiger partial charge is 0.270 e. The van der Waals surface area contributed by atoms with Crippen molar-refractivity contribution in [1.82, 2.24) is 10.2 Å². The molecule has 1 N–H and O–H groups in total. The van der Waals surface area contributed by atoms with E-state index in [-0.39, 0.29) is 5.69 Å². The fourth-order valence-electron chi connectivity index (χ4n) is 1.32. The average molecular weight is 256 g/mol. The van der Waals surface area contributed by atoms with E-state index in [2.05, 4.69) is 26.1 Å². The zero-order chi connectivity index (χ0) is 10.3. The summed E-state index contributed by atoms with van der Waals surface area (Å²) in [5, 5.41) is 18.1. The number of nitrogens with zero attached hydrogens (tertiary/aromatic N) is 2. The Labute approximate surface area is 87.4 Å². The molecule has 0 saturated carbocycles. The third-order valence-corrected chi connectivity index (χ3v) is 2.63. The molecule has 0 fully saturated rings. The Balaban J connectivity index is 2.79. The fraction of sp³-hybridized carbons (Fsp3) is 0.125. The molecule has 0 aliphatic carbocycles. The molecule has 2 aromatic rings. The van der Waals surface area contributed by atoms with Crippen LogP contribution in [-0.4, -0.2) is 15.1 Å². The predicted molar refractivity (Wildman–Crippen MR) is 55.2 cm³/mol. The summed E-state index contributed by atoms with van der Waals surface area (Å²) in [5.41, 5.74) is 1.32. The van der Waals surface area contributed by atoms with Gasteiger partial charge in [-0.25, -0.2) is 0 Å². The number of aromatic amines is 1. The highest BCUT2D eigenvalue weighted by molar-refractivity contribution is 9.10. The minimum Gasteiger partial charge on any atom is -0.270 e. The van der Waals surface area contributed by atoms with Crippen molar-refractivity contribution in [3.05, 3.63) is 32.4 Å². The predicted octanol–water partition coefficient (Wildman–Crippen LogP) is 2.54. The van der Waals surface area contributed by atoms with Crippen LogP contribution in [0.5, 0.6) is 0 Å². The summed E-state index contributed by atoms with van der Waals surface area (Å²) in [5.74, 6) is 0. The highest BCUT2D eigenvalue weighted by Gasteiger charge is 2.14. The van der Waals surface area contributed by atoms with Crippen LogP contribution in [0.3, 0.4) is 0 Å². The molecule has 1 heterocycles. The Bertz CT molecular complexity index is 521. The summed E-state index contributed by atoms with van der Waals surface area (Å²) in [7, 11) is 0. The summed E-state index contributed by atoms with van der Waals surface area (Å²) in [6, 6.07) is 3.20. The van der Waals surface area contributed by atoms with Gasteiger partial charge in [-0.05, 0) is 28.9 Å². The largest absolute Gasteiger partial charge is 0.274 e. The van der Waals surface area contributed by atoms with E-state index in [1.54, 1.807) is 13.0 Å². The number of fused-ring (bicyclic) bond motifs is 1. The van der Waals surface area contributed by atoms with Gasteiger partial charge < -0.3 is 0 Å². The Kier molecular flexibility index (Phi) is 1.99. The van der Waals surface area contributed by atoms with E-state index in [0.717, 1.165) is 9.99 Å². The van der Waals surface area contributed by atoms with Crippen molar-refractivity contribution in [2.75, 3.05) is 0 Å². The van der Waals surface area contributed by atoms with Gasteiger partial charge in [0, 0.05) is 17.0 Å². The number of hydrogen-bond acceptors (Lipinski definition) is 3. The minimum atomic E-state index is -0.405. The molecule has 1 aromatic carbocycles. The molecule has 0 saturated heterocycles. The molecule has 0 aliphatic heterocycles. The van der Waals surface area contributed by atoms with Crippen molar-refractivity contribution in [3.8, 4) is 0 Å². The van der Waals surface area contributed by atoms with Crippen LogP contribution in [0, 0.1) is 17.0 Å². The van der Waals surface area contributed by atoms with Gasteiger partial charge in [-0.3, -0.25) is 15.2 Å². The zero-order valence-electron chi connectivity index (χ0n) is 7.24. The van der Waals surface area contributed by atoms with Crippen LogP contribution in [0.15, 0.2) is 16.7 Å². The summed E-state index contributed by atoms with van der Waals surface area (Å²) >= 11 is 3.27. The number of nitro benzene ring substituents is 1. The SMILES string of the molecule is Cc1cc2c(Br)[nH]nc2cc1[N+](=O)[O-]. The quantitative estimate of drug-likeness (QED) is 0.629. The number of aryl methyl sites for hydroxylation is 1. The average Bonchev–Trinajstić information content (AvgIpc) is 2.46. The van der Waals surface area contributed by atoms with Gasteiger partial charge >= 0.3 is 0 Å². The number of H-pyrrole nitrogens is 1. The topological polar surface area (TPSA) is 71.8 Å². The number of benzene rings is 1. The van der Waals surface area contributed by atoms with Crippen LogP contribution < -0.4 is 0 Å². The monoisotopic (exact) mass is 255 g/mol. The molecule has 0 bridgehead atoms. The fourth-order valence-corrected chi connectivity index (χ4v) is 1.73. The van der Waals surface area contributed by atoms with Gasteiger partial charge in [0.2, 0.25) is 0 Å². The van der Waals surface area contributed by atoms with Crippen LogP contribution in [-0.2, 0) is 0 Å². The van der Waals surface area contributed by atoms with E-state index in [1.165, 1.54) is 6.07 Å². The van der Waals surface area contributed by atoms with Crippen LogP contribution in [0.2, 0.25) is 0 Å². The van der Waals surface area contributed by atoms with Crippen LogP contribution in [0.4, 0.5) is 5.69 Å². The summed E-state index contributed by atoms with van der Waals surface area (Å²) in [6.45, 7) is 1.71. The molecule has 2 rings (SSSR count). The van der Waals surface area contributed by atoms with Gasteiger partial charge in [0.15, 0.2) is 0 Å². The number of halogens is 1. The van der Waals surface area contributed by atoms with E-state index < -0.39 is 4.92 Å². The Morgan fingerprint density at radius 2 is 2.29 bits per heavy atom. The zero-order valence-corrected chi connectivity index (χ0v) is 8.83. The molecular weight excluding hydrogens is 250 g/mol. The molecule has 0 unspecified atom stereocenters. The van der Waals surface area contributed by atoms with E-state index in [0.29, 0.717) is 11.1 Å². The second kappa shape index (κ2) is 3.06. The Morgan fingerprint density at radius 3 is 2.93 bits per heavy atom. The first-order chi connectivity index (χ1) is 6.59. The van der Waals surface area contributed by atoms with Gasteiger partial charge in [-0.1, -0.05) is 0 Å². The maximum atomic E-state index is 10.6. The number of hydrogen-bond donors (Lipinski definition) is 1. The highest BCUT2D eigenvalue weighted by atomic mass is 79.9. The molecular formula is C8H6BrN3O2. The first kappa shape index (κ1) is 9.14. The molecule has 0 amide bonds. The molecule has 1 aromatic heterocycles. The van der Waals surface area contributed by atoms with Gasteiger partial charge in [-0.15, -0.1) is 0 Å². The molecule has 5 nitrogen and oxygen atoms in total. The van der Waals surface area contributed by atoms with E-state index in [1.807, 2.05) is 0 Å². The minimum absolute atomic E-state index is 0.0940. The van der Waals surface area contributed by atoms with Crippen molar-refractivity contribution in [2.24, 2.45) is 0 Å². The lowest BCUT2D eigenvalue weighted by Gasteiger charge is -1.96. The van der Waals surface area contributed by atoms with E-state index in [4.69, 9.17) is 0 Å². The molecule has 0 radical (unpaired) electrons. The standard InChI is InChI=1S/C8H6BrN3O2/c1-4-2-5-6(10-11-8(5)9)3-7(4)12(13)14/h2-3H,1H3,(H,10,11). The lowest BCUT2D eigenvalue weighted by atomic mass is 10.1. The molecule has 14 heavy (non-hydrogen) atoms. The van der Waals surface area contributed by atoms with E-state index in [9.17, 15) is 10.1 Å². The molecule has 0 aliphatic rings. The van der Waals surface area contributed by atoms with Crippen molar-refractivity contribution in [3.63, 3.8) is 0 Å². The van der Waals surface area contributed by atoms with Crippen molar-refractivity contribution < 1.29 is 4.92 Å². The lowest BCUT2D eigenvalue weighted by molar-refractivity contribution is -0.385. The van der Waals surface area contributed by atoms with Gasteiger partial charge in [-0.2, -0.15) is 5.10 Å². The van der Waals surface area contributed by atoms with Crippen molar-refractivity contribution in [2.45, 2.75) is 6.92 Å². The van der Waals surface area contributed by atoms with Crippen LogP contribution >= 0.6 is 15.9 Å². The third kappa shape index (κ3) is 1.27. The van der Waals surface area contributed by atoms with Crippen LogP contribution in [0.25, 0.3) is 10.9 Å². The second-order valence-electron chi connectivity index (χ2n) is 2.95. The van der Waals surface area contributed by atoms with Crippen molar-refractivity contribution >= 4 is 32.5 Å². The summed E-state index contributed by atoms with van der Waals surface area (Å²) in [6.07, 6.45) is 0. The number of rotatable bonds is 1. The van der Waals surface area contributed by atoms with Gasteiger partial charge in [0.25, 0.3) is 5.69 Å². The molecule has 6 heteroatoms. The Morgan fingerprint density at radius 1 is 1.57 bits per heavy atom. The molecule has 0 spiro atoms. The van der Waals surface area contributed by atoms with Gasteiger partial charge in [0.05, 0.1) is 4.92 Å². The normalized spacial score (nSPS) is 10.7. The highest BCUT2D eigenvalue weighted by Crippen LogP contribution is 2.27. The maximum absolute atomic E-state index is 10.6. The van der Waals surface area contributed by atoms with Crippen LogP contribution in [0.1, 0.15) is 5.56 Å². The number of nitrogens with one attached hydrogen (secondary N) is 1. The number of aromatic nitrogens is 2. The lowest BCUT2D eigenvalue weighted by Crippen LogP contribution is -1.91. The second-order valence-corrected chi connectivity index (χ2v) is 3.74.